The first kappa shape index (κ1) is 15.3. The van der Waals surface area contributed by atoms with Gasteiger partial charge in [0.15, 0.2) is 0 Å². The standard InChI is InChI=1S/C18H24N2O2S/c1-2-13(21)12-8-9-14-15(12)16-17(19-10-20-18(16)23-14)22-11-6-4-3-5-7-11/h10-13,21H,2-9H2,1H3/t12-,13?/m1/s1. The number of fused-ring (bicyclic) bond motifs is 3. The number of hydrogen-bond donors (Lipinski definition) is 1. The van der Waals surface area contributed by atoms with Crippen LogP contribution in [0.3, 0.4) is 0 Å². The molecule has 0 aromatic carbocycles. The summed E-state index contributed by atoms with van der Waals surface area (Å²) in [6.45, 7) is 2.05. The summed E-state index contributed by atoms with van der Waals surface area (Å²) in [5, 5.41) is 11.5. The highest BCUT2D eigenvalue weighted by Crippen LogP contribution is 2.47. The molecule has 0 radical (unpaired) electrons. The highest BCUT2D eigenvalue weighted by molar-refractivity contribution is 7.19. The second-order valence-corrected chi connectivity index (χ2v) is 7.88. The van der Waals surface area contributed by atoms with Crippen molar-refractivity contribution in [1.29, 1.82) is 0 Å². The Morgan fingerprint density at radius 3 is 2.87 bits per heavy atom. The molecular weight excluding hydrogens is 308 g/mol. The van der Waals surface area contributed by atoms with Gasteiger partial charge in [-0.15, -0.1) is 11.3 Å². The van der Waals surface area contributed by atoms with Gasteiger partial charge in [-0.2, -0.15) is 0 Å². The molecule has 1 saturated carbocycles. The second-order valence-electron chi connectivity index (χ2n) is 6.80. The minimum Gasteiger partial charge on any atom is -0.474 e. The molecule has 23 heavy (non-hydrogen) atoms. The van der Waals surface area contributed by atoms with Gasteiger partial charge in [0, 0.05) is 10.8 Å². The first-order chi connectivity index (χ1) is 11.3. The molecule has 0 spiro atoms. The predicted molar refractivity (Wildman–Crippen MR) is 92.3 cm³/mol. The Morgan fingerprint density at radius 2 is 2.09 bits per heavy atom. The molecule has 2 aromatic heterocycles. The van der Waals surface area contributed by atoms with E-state index in [2.05, 4.69) is 9.97 Å². The first-order valence-corrected chi connectivity index (χ1v) is 9.70. The molecule has 0 amide bonds. The highest BCUT2D eigenvalue weighted by Gasteiger charge is 2.34. The van der Waals surface area contributed by atoms with Crippen molar-refractivity contribution in [1.82, 2.24) is 9.97 Å². The van der Waals surface area contributed by atoms with Gasteiger partial charge < -0.3 is 9.84 Å². The summed E-state index contributed by atoms with van der Waals surface area (Å²) < 4.78 is 6.29. The molecule has 0 aliphatic heterocycles. The van der Waals surface area contributed by atoms with Crippen LogP contribution in [0.25, 0.3) is 10.2 Å². The number of aliphatic hydroxyl groups excluding tert-OH is 1. The minimum atomic E-state index is -0.281. The van der Waals surface area contributed by atoms with E-state index in [9.17, 15) is 5.11 Å². The smallest absolute Gasteiger partial charge is 0.225 e. The summed E-state index contributed by atoms with van der Waals surface area (Å²) >= 11 is 1.75. The van der Waals surface area contributed by atoms with E-state index in [0.717, 1.165) is 48.2 Å². The monoisotopic (exact) mass is 332 g/mol. The number of aryl methyl sites for hydroxylation is 1. The summed E-state index contributed by atoms with van der Waals surface area (Å²) in [5.41, 5.74) is 1.27. The van der Waals surface area contributed by atoms with Crippen molar-refractivity contribution in [3.8, 4) is 5.88 Å². The van der Waals surface area contributed by atoms with Crippen LogP contribution < -0.4 is 4.74 Å². The van der Waals surface area contributed by atoms with E-state index < -0.39 is 0 Å². The maximum absolute atomic E-state index is 10.4. The average Bonchev–Trinajstić information content (AvgIpc) is 3.14. The number of hydrogen-bond acceptors (Lipinski definition) is 5. The van der Waals surface area contributed by atoms with Gasteiger partial charge in [0.1, 0.15) is 17.3 Å². The van der Waals surface area contributed by atoms with Crippen molar-refractivity contribution in [2.24, 2.45) is 0 Å². The second kappa shape index (κ2) is 6.36. The summed E-state index contributed by atoms with van der Waals surface area (Å²) in [6, 6.07) is 0. The molecule has 2 aliphatic carbocycles. The summed E-state index contributed by atoms with van der Waals surface area (Å²) in [5.74, 6) is 0.957. The maximum Gasteiger partial charge on any atom is 0.225 e. The largest absolute Gasteiger partial charge is 0.474 e. The van der Waals surface area contributed by atoms with Gasteiger partial charge in [-0.3, -0.25) is 0 Å². The third kappa shape index (κ3) is 2.74. The predicted octanol–water partition coefficient (Wildman–Crippen LogP) is 4.20. The van der Waals surface area contributed by atoms with E-state index in [-0.39, 0.29) is 18.1 Å². The van der Waals surface area contributed by atoms with Crippen LogP contribution >= 0.6 is 11.3 Å². The van der Waals surface area contributed by atoms with E-state index in [1.165, 1.54) is 29.7 Å². The van der Waals surface area contributed by atoms with E-state index in [1.54, 1.807) is 17.7 Å². The van der Waals surface area contributed by atoms with Crippen molar-refractivity contribution in [3.63, 3.8) is 0 Å². The lowest BCUT2D eigenvalue weighted by atomic mass is 9.93. The van der Waals surface area contributed by atoms with Gasteiger partial charge >= 0.3 is 0 Å². The van der Waals surface area contributed by atoms with Crippen LogP contribution in [-0.4, -0.2) is 27.3 Å². The number of nitrogens with zero attached hydrogens (tertiary/aromatic N) is 2. The van der Waals surface area contributed by atoms with Gasteiger partial charge in [0.05, 0.1) is 11.5 Å². The van der Waals surface area contributed by atoms with Gasteiger partial charge in [-0.05, 0) is 50.5 Å². The maximum atomic E-state index is 10.4. The molecule has 4 rings (SSSR count). The van der Waals surface area contributed by atoms with Crippen LogP contribution in [0.4, 0.5) is 0 Å². The lowest BCUT2D eigenvalue weighted by molar-refractivity contribution is 0.138. The minimum absolute atomic E-state index is 0.212. The SMILES string of the molecule is CCC(O)[C@H]1CCc2sc3ncnc(OC4CCCCC4)c3c21. The van der Waals surface area contributed by atoms with Crippen LogP contribution in [0.1, 0.15) is 68.2 Å². The fraction of sp³-hybridized carbons (Fsp3) is 0.667. The Hall–Kier alpha value is -1.20. The molecule has 2 aliphatic rings. The first-order valence-electron chi connectivity index (χ1n) is 8.89. The Bertz CT molecular complexity index is 694. The quantitative estimate of drug-likeness (QED) is 0.911. The number of aliphatic hydroxyl groups is 1. The molecule has 0 bridgehead atoms. The van der Waals surface area contributed by atoms with Crippen LogP contribution in [0.2, 0.25) is 0 Å². The Labute approximate surface area is 140 Å². The van der Waals surface area contributed by atoms with Gasteiger partial charge in [0.25, 0.3) is 0 Å². The zero-order valence-corrected chi connectivity index (χ0v) is 14.4. The fourth-order valence-corrected chi connectivity index (χ4v) is 5.30. The van der Waals surface area contributed by atoms with E-state index in [0.29, 0.717) is 0 Å². The van der Waals surface area contributed by atoms with Crippen molar-refractivity contribution < 1.29 is 9.84 Å². The normalized spacial score (nSPS) is 23.1. The number of ether oxygens (including phenoxy) is 1. The zero-order valence-electron chi connectivity index (χ0n) is 13.6. The van der Waals surface area contributed by atoms with Gasteiger partial charge in [-0.25, -0.2) is 9.97 Å². The van der Waals surface area contributed by atoms with Crippen LogP contribution in [0.5, 0.6) is 5.88 Å². The Kier molecular flexibility index (Phi) is 4.24. The number of thiophene rings is 1. The zero-order chi connectivity index (χ0) is 15.8. The van der Waals surface area contributed by atoms with Crippen LogP contribution in [0.15, 0.2) is 6.33 Å². The Morgan fingerprint density at radius 1 is 1.26 bits per heavy atom. The lowest BCUT2D eigenvalue weighted by Gasteiger charge is -2.23. The lowest BCUT2D eigenvalue weighted by Crippen LogP contribution is -2.20. The topological polar surface area (TPSA) is 55.2 Å². The van der Waals surface area contributed by atoms with Gasteiger partial charge in [0.2, 0.25) is 5.88 Å². The molecule has 2 atom stereocenters. The molecule has 2 heterocycles. The van der Waals surface area contributed by atoms with Crippen LogP contribution in [-0.2, 0) is 6.42 Å². The molecular formula is C18H24N2O2S. The molecule has 1 unspecified atom stereocenters. The number of aromatic nitrogens is 2. The molecule has 5 heteroatoms. The van der Waals surface area contributed by atoms with Crippen molar-refractivity contribution in [3.05, 3.63) is 16.8 Å². The fourth-order valence-electron chi connectivity index (χ4n) is 4.08. The Balaban J connectivity index is 1.74. The van der Waals surface area contributed by atoms with Gasteiger partial charge in [-0.1, -0.05) is 13.3 Å². The number of rotatable bonds is 4. The summed E-state index contributed by atoms with van der Waals surface area (Å²) in [6.07, 6.45) is 10.5. The third-order valence-corrected chi connectivity index (χ3v) is 6.51. The summed E-state index contributed by atoms with van der Waals surface area (Å²) in [7, 11) is 0. The third-order valence-electron chi connectivity index (χ3n) is 5.33. The molecule has 0 saturated heterocycles. The average molecular weight is 332 g/mol. The molecule has 1 fully saturated rings. The van der Waals surface area contributed by atoms with E-state index >= 15 is 0 Å². The van der Waals surface area contributed by atoms with Crippen molar-refractivity contribution in [2.45, 2.75) is 76.4 Å². The summed E-state index contributed by atoms with van der Waals surface area (Å²) in [4.78, 5) is 11.3. The highest BCUT2D eigenvalue weighted by atomic mass is 32.1. The van der Waals surface area contributed by atoms with Crippen LogP contribution in [0, 0.1) is 0 Å². The van der Waals surface area contributed by atoms with Crippen molar-refractivity contribution >= 4 is 21.6 Å². The van der Waals surface area contributed by atoms with E-state index in [4.69, 9.17) is 4.74 Å². The molecule has 1 N–H and O–H groups in total. The molecule has 4 nitrogen and oxygen atoms in total. The molecule has 2 aromatic rings. The van der Waals surface area contributed by atoms with Crippen molar-refractivity contribution in [2.75, 3.05) is 0 Å². The van der Waals surface area contributed by atoms with E-state index in [1.807, 2.05) is 6.92 Å². The molecule has 124 valence electrons.